The smallest absolute Gasteiger partial charge is 0.334 e. The predicted molar refractivity (Wildman–Crippen MR) is 101 cm³/mol. The SMILES string of the molecule is Cc1cccc(C)c1OC(=O)[C@@H]1CCCN1C1=NS(=O)(=O)c2ccccc21. The number of amidine groups is 1. The monoisotopic (exact) mass is 384 g/mol. The first kappa shape index (κ1) is 17.7. The zero-order chi connectivity index (χ0) is 19.2. The van der Waals surface area contributed by atoms with Crippen molar-refractivity contribution in [3.8, 4) is 5.75 Å². The lowest BCUT2D eigenvalue weighted by atomic mass is 10.1. The van der Waals surface area contributed by atoms with E-state index in [0.29, 0.717) is 30.1 Å². The molecule has 7 heteroatoms. The average Bonchev–Trinajstić information content (AvgIpc) is 3.21. The highest BCUT2D eigenvalue weighted by molar-refractivity contribution is 7.90. The maximum absolute atomic E-state index is 12.9. The Labute approximate surface area is 158 Å². The zero-order valence-corrected chi connectivity index (χ0v) is 16.0. The van der Waals surface area contributed by atoms with Crippen molar-refractivity contribution >= 4 is 21.8 Å². The van der Waals surface area contributed by atoms with Gasteiger partial charge >= 0.3 is 5.97 Å². The Morgan fingerprint density at radius 1 is 1.11 bits per heavy atom. The fourth-order valence-electron chi connectivity index (χ4n) is 3.69. The van der Waals surface area contributed by atoms with Crippen molar-refractivity contribution in [2.75, 3.05) is 6.54 Å². The number of esters is 1. The lowest BCUT2D eigenvalue weighted by Gasteiger charge is -2.25. The van der Waals surface area contributed by atoms with Crippen LogP contribution in [-0.2, 0) is 14.8 Å². The standard InChI is InChI=1S/C20H20N2O4S/c1-13-7-5-8-14(2)18(13)26-20(23)16-10-6-12-22(16)19-15-9-3-4-11-17(15)27(24,25)21-19/h3-5,7-9,11,16H,6,10,12H2,1-2H3/t16-/m0/s1. The number of fused-ring (bicyclic) bond motifs is 1. The fraction of sp³-hybridized carbons (Fsp3) is 0.300. The van der Waals surface area contributed by atoms with E-state index in [1.165, 1.54) is 0 Å². The molecule has 0 spiro atoms. The summed E-state index contributed by atoms with van der Waals surface area (Å²) in [5.74, 6) is 0.525. The summed E-state index contributed by atoms with van der Waals surface area (Å²) >= 11 is 0. The molecule has 0 saturated carbocycles. The lowest BCUT2D eigenvalue weighted by molar-refractivity contribution is -0.138. The number of benzene rings is 2. The summed E-state index contributed by atoms with van der Waals surface area (Å²) in [5.41, 5.74) is 2.32. The molecular weight excluding hydrogens is 364 g/mol. The molecule has 4 rings (SSSR count). The third-order valence-electron chi connectivity index (χ3n) is 5.02. The second-order valence-corrected chi connectivity index (χ2v) is 8.45. The van der Waals surface area contributed by atoms with E-state index in [0.717, 1.165) is 17.5 Å². The molecule has 0 aromatic heterocycles. The van der Waals surface area contributed by atoms with Gasteiger partial charge in [-0.25, -0.2) is 4.79 Å². The molecule has 2 aromatic rings. The van der Waals surface area contributed by atoms with Crippen LogP contribution >= 0.6 is 0 Å². The minimum absolute atomic E-state index is 0.189. The number of hydrogen-bond acceptors (Lipinski definition) is 5. The molecule has 0 radical (unpaired) electrons. The first-order valence-corrected chi connectivity index (χ1v) is 10.3. The normalized spacial score (nSPS) is 20.3. The number of carbonyl (C=O) groups excluding carboxylic acids is 1. The second-order valence-electron chi connectivity index (χ2n) is 6.88. The predicted octanol–water partition coefficient (Wildman–Crippen LogP) is 2.82. The van der Waals surface area contributed by atoms with Crippen molar-refractivity contribution in [1.29, 1.82) is 0 Å². The molecule has 2 aromatic carbocycles. The number of hydrogen-bond donors (Lipinski definition) is 0. The number of sulfonamides is 1. The Morgan fingerprint density at radius 3 is 2.56 bits per heavy atom. The van der Waals surface area contributed by atoms with Crippen LogP contribution in [0.2, 0.25) is 0 Å². The van der Waals surface area contributed by atoms with E-state index < -0.39 is 16.1 Å². The number of ether oxygens (including phenoxy) is 1. The quantitative estimate of drug-likeness (QED) is 0.588. The maximum Gasteiger partial charge on any atom is 0.334 e. The molecule has 2 aliphatic heterocycles. The largest absolute Gasteiger partial charge is 0.424 e. The lowest BCUT2D eigenvalue weighted by Crippen LogP contribution is -2.42. The molecule has 0 bridgehead atoms. The number of aryl methyl sites for hydroxylation is 2. The number of likely N-dealkylation sites (tertiary alicyclic amines) is 1. The Hall–Kier alpha value is -2.67. The summed E-state index contributed by atoms with van der Waals surface area (Å²) < 4.78 is 34.4. The highest BCUT2D eigenvalue weighted by Crippen LogP contribution is 2.32. The van der Waals surface area contributed by atoms with Crippen LogP contribution in [0, 0.1) is 13.8 Å². The van der Waals surface area contributed by atoms with Crippen molar-refractivity contribution < 1.29 is 17.9 Å². The fourth-order valence-corrected chi connectivity index (χ4v) is 4.91. The summed E-state index contributed by atoms with van der Waals surface area (Å²) in [6, 6.07) is 11.9. The van der Waals surface area contributed by atoms with E-state index in [9.17, 15) is 13.2 Å². The molecule has 6 nitrogen and oxygen atoms in total. The van der Waals surface area contributed by atoms with E-state index in [1.54, 1.807) is 29.2 Å². The van der Waals surface area contributed by atoms with Gasteiger partial charge in [-0.15, -0.1) is 4.40 Å². The molecule has 2 heterocycles. The van der Waals surface area contributed by atoms with Gasteiger partial charge in [-0.3, -0.25) is 0 Å². The molecule has 140 valence electrons. The van der Waals surface area contributed by atoms with Crippen molar-refractivity contribution in [2.24, 2.45) is 4.40 Å². The Morgan fingerprint density at radius 2 is 1.81 bits per heavy atom. The van der Waals surface area contributed by atoms with Crippen LogP contribution in [0.15, 0.2) is 51.8 Å². The number of rotatable bonds is 2. The summed E-state index contributed by atoms with van der Waals surface area (Å²) in [4.78, 5) is 14.8. The molecule has 0 amide bonds. The van der Waals surface area contributed by atoms with Gasteiger partial charge in [0, 0.05) is 12.1 Å². The number of nitrogens with zero attached hydrogens (tertiary/aromatic N) is 2. The number of carbonyl (C=O) groups is 1. The van der Waals surface area contributed by atoms with Crippen LogP contribution in [0.25, 0.3) is 0 Å². The summed E-state index contributed by atoms with van der Waals surface area (Å²) in [6.45, 7) is 4.35. The van der Waals surface area contributed by atoms with Crippen LogP contribution in [-0.4, -0.2) is 37.7 Å². The van der Waals surface area contributed by atoms with E-state index in [-0.39, 0.29) is 10.9 Å². The topological polar surface area (TPSA) is 76.0 Å². The van der Waals surface area contributed by atoms with Crippen LogP contribution in [0.5, 0.6) is 5.75 Å². The molecule has 2 aliphatic rings. The zero-order valence-electron chi connectivity index (χ0n) is 15.2. The Bertz CT molecular complexity index is 1040. The van der Waals surface area contributed by atoms with Gasteiger partial charge in [0.2, 0.25) is 0 Å². The van der Waals surface area contributed by atoms with Crippen molar-refractivity contribution in [1.82, 2.24) is 4.90 Å². The molecule has 1 fully saturated rings. The summed E-state index contributed by atoms with van der Waals surface area (Å²) in [5, 5.41) is 0. The third kappa shape index (κ3) is 3.02. The minimum atomic E-state index is -3.72. The molecule has 1 saturated heterocycles. The van der Waals surface area contributed by atoms with Gasteiger partial charge in [0.25, 0.3) is 10.0 Å². The van der Waals surface area contributed by atoms with Crippen LogP contribution in [0.3, 0.4) is 0 Å². The van der Waals surface area contributed by atoms with Gasteiger partial charge in [0.15, 0.2) is 5.84 Å². The van der Waals surface area contributed by atoms with Crippen molar-refractivity contribution in [3.63, 3.8) is 0 Å². The van der Waals surface area contributed by atoms with E-state index in [2.05, 4.69) is 4.40 Å². The van der Waals surface area contributed by atoms with Crippen LogP contribution in [0.4, 0.5) is 0 Å². The Kier molecular flexibility index (Phi) is 4.26. The molecule has 27 heavy (non-hydrogen) atoms. The van der Waals surface area contributed by atoms with Gasteiger partial charge in [-0.1, -0.05) is 30.3 Å². The van der Waals surface area contributed by atoms with Crippen LogP contribution in [0.1, 0.15) is 29.5 Å². The van der Waals surface area contributed by atoms with Gasteiger partial charge in [-0.2, -0.15) is 8.42 Å². The first-order valence-electron chi connectivity index (χ1n) is 8.87. The van der Waals surface area contributed by atoms with E-state index in [4.69, 9.17) is 4.74 Å². The third-order valence-corrected chi connectivity index (χ3v) is 6.35. The van der Waals surface area contributed by atoms with Gasteiger partial charge in [0.1, 0.15) is 16.7 Å². The highest BCUT2D eigenvalue weighted by Gasteiger charge is 2.40. The maximum atomic E-state index is 12.9. The molecule has 0 unspecified atom stereocenters. The van der Waals surface area contributed by atoms with Crippen LogP contribution < -0.4 is 4.74 Å². The van der Waals surface area contributed by atoms with Crippen molar-refractivity contribution in [3.05, 3.63) is 59.2 Å². The summed E-state index contributed by atoms with van der Waals surface area (Å²) in [6.07, 6.45) is 1.37. The first-order chi connectivity index (χ1) is 12.9. The van der Waals surface area contributed by atoms with Gasteiger partial charge in [-0.05, 0) is 49.9 Å². The molecule has 0 aliphatic carbocycles. The van der Waals surface area contributed by atoms with E-state index >= 15 is 0 Å². The summed E-state index contributed by atoms with van der Waals surface area (Å²) in [7, 11) is -3.72. The van der Waals surface area contributed by atoms with Gasteiger partial charge in [0.05, 0.1) is 0 Å². The molecule has 1 atom stereocenters. The number of para-hydroxylation sites is 1. The minimum Gasteiger partial charge on any atom is -0.424 e. The van der Waals surface area contributed by atoms with Gasteiger partial charge < -0.3 is 9.64 Å². The Balaban J connectivity index is 1.65. The average molecular weight is 384 g/mol. The second kappa shape index (κ2) is 6.49. The molecular formula is C20H20N2O4S. The molecule has 0 N–H and O–H groups in total. The van der Waals surface area contributed by atoms with E-state index in [1.807, 2.05) is 32.0 Å². The highest BCUT2D eigenvalue weighted by atomic mass is 32.2. The van der Waals surface area contributed by atoms with Crippen molar-refractivity contribution in [2.45, 2.75) is 37.6 Å².